The van der Waals surface area contributed by atoms with Crippen LogP contribution in [0.1, 0.15) is 70.2 Å². The average molecular weight is 446 g/mol. The molecule has 0 aliphatic carbocycles. The number of hydrogen-bond acceptors (Lipinski definition) is 4. The van der Waals surface area contributed by atoms with Gasteiger partial charge in [0.1, 0.15) is 5.75 Å². The predicted octanol–water partition coefficient (Wildman–Crippen LogP) is 5.41. The van der Waals surface area contributed by atoms with Gasteiger partial charge in [-0.2, -0.15) is 0 Å². The number of anilines is 1. The number of carbonyl (C=O) groups excluding carboxylic acids is 1. The van der Waals surface area contributed by atoms with E-state index in [2.05, 4.69) is 5.32 Å². The molecule has 0 atom stereocenters. The van der Waals surface area contributed by atoms with E-state index in [1.54, 1.807) is 12.1 Å². The zero-order valence-electron chi connectivity index (χ0n) is 19.9. The second-order valence-corrected chi connectivity index (χ2v) is 12.4. The number of aromatic hydroxyl groups is 1. The normalized spacial score (nSPS) is 12.6. The van der Waals surface area contributed by atoms with Crippen LogP contribution in [-0.4, -0.2) is 25.2 Å². The zero-order chi connectivity index (χ0) is 23.8. The van der Waals surface area contributed by atoms with Crippen molar-refractivity contribution in [1.82, 2.24) is 0 Å². The van der Waals surface area contributed by atoms with Crippen LogP contribution in [0, 0.1) is 13.8 Å². The van der Waals surface area contributed by atoms with Crippen LogP contribution in [0.4, 0.5) is 5.69 Å². The van der Waals surface area contributed by atoms with Gasteiger partial charge in [0.25, 0.3) is 0 Å². The summed E-state index contributed by atoms with van der Waals surface area (Å²) in [5.41, 5.74) is 2.88. The molecule has 2 rings (SSSR count). The molecule has 31 heavy (non-hydrogen) atoms. The Kier molecular flexibility index (Phi) is 6.96. The van der Waals surface area contributed by atoms with Crippen LogP contribution in [0.5, 0.6) is 5.75 Å². The molecular weight excluding hydrogens is 410 g/mol. The van der Waals surface area contributed by atoms with E-state index >= 15 is 0 Å². The summed E-state index contributed by atoms with van der Waals surface area (Å²) in [6.07, 6.45) is -0.146. The molecule has 0 saturated heterocycles. The van der Waals surface area contributed by atoms with E-state index in [0.29, 0.717) is 11.1 Å². The summed E-state index contributed by atoms with van der Waals surface area (Å²) in [5.74, 6) is -0.514. The number of nitrogens with one attached hydrogen (secondary N) is 1. The average Bonchev–Trinajstić information content (AvgIpc) is 2.61. The van der Waals surface area contributed by atoms with Gasteiger partial charge >= 0.3 is 0 Å². The SMILES string of the molecule is Cc1cccc(C)c1NC(=O)CCS(=O)(=O)c1cc(C(C)(C)C)c(O)c(C(C)(C)C)c1. The highest BCUT2D eigenvalue weighted by molar-refractivity contribution is 7.91. The zero-order valence-corrected chi connectivity index (χ0v) is 20.7. The number of benzene rings is 2. The van der Waals surface area contributed by atoms with Gasteiger partial charge in [-0.1, -0.05) is 59.7 Å². The summed E-state index contributed by atoms with van der Waals surface area (Å²) >= 11 is 0. The van der Waals surface area contributed by atoms with Crippen LogP contribution >= 0.6 is 0 Å². The molecule has 2 N–H and O–H groups in total. The lowest BCUT2D eigenvalue weighted by Crippen LogP contribution is -2.21. The van der Waals surface area contributed by atoms with Crippen molar-refractivity contribution in [3.8, 4) is 5.75 Å². The van der Waals surface area contributed by atoms with Crippen LogP contribution in [0.2, 0.25) is 0 Å². The number of rotatable bonds is 5. The summed E-state index contributed by atoms with van der Waals surface area (Å²) in [5, 5.41) is 13.7. The summed E-state index contributed by atoms with van der Waals surface area (Å²) < 4.78 is 26.3. The van der Waals surface area contributed by atoms with Gasteiger partial charge in [-0.15, -0.1) is 0 Å². The Morgan fingerprint density at radius 1 is 0.935 bits per heavy atom. The van der Waals surface area contributed by atoms with E-state index in [9.17, 15) is 18.3 Å². The summed E-state index contributed by atoms with van der Waals surface area (Å²) in [7, 11) is -3.72. The minimum absolute atomic E-state index is 0.131. The first kappa shape index (κ1) is 24.9. The second-order valence-electron chi connectivity index (χ2n) is 10.3. The first-order chi connectivity index (χ1) is 14.0. The highest BCUT2D eigenvalue weighted by Crippen LogP contribution is 2.40. The first-order valence-electron chi connectivity index (χ1n) is 10.5. The van der Waals surface area contributed by atoms with Crippen LogP contribution in [0.15, 0.2) is 35.2 Å². The Bertz CT molecular complexity index is 1030. The third-order valence-corrected chi connectivity index (χ3v) is 7.10. The van der Waals surface area contributed by atoms with E-state index in [0.717, 1.165) is 16.8 Å². The number of phenolic OH excluding ortho intramolecular Hbond substituents is 1. The second kappa shape index (κ2) is 8.65. The summed E-state index contributed by atoms with van der Waals surface area (Å²) in [4.78, 5) is 12.6. The molecule has 2 aromatic rings. The van der Waals surface area contributed by atoms with E-state index in [1.807, 2.05) is 73.6 Å². The molecule has 0 unspecified atom stereocenters. The minimum Gasteiger partial charge on any atom is -0.507 e. The van der Waals surface area contributed by atoms with Gasteiger partial charge < -0.3 is 10.4 Å². The number of amides is 1. The molecule has 1 amide bonds. The summed E-state index contributed by atoms with van der Waals surface area (Å²) in [6, 6.07) is 8.80. The Morgan fingerprint density at radius 2 is 1.39 bits per heavy atom. The minimum atomic E-state index is -3.72. The lowest BCUT2D eigenvalue weighted by atomic mass is 9.79. The number of phenols is 1. The van der Waals surface area contributed by atoms with Crippen LogP contribution in [0.25, 0.3) is 0 Å². The lowest BCUT2D eigenvalue weighted by Gasteiger charge is -2.28. The molecule has 5 nitrogen and oxygen atoms in total. The molecule has 0 aromatic heterocycles. The molecule has 2 aromatic carbocycles. The molecule has 0 aliphatic rings. The largest absolute Gasteiger partial charge is 0.507 e. The first-order valence-corrected chi connectivity index (χ1v) is 12.2. The van der Waals surface area contributed by atoms with Crippen molar-refractivity contribution in [2.45, 2.75) is 77.5 Å². The highest BCUT2D eigenvalue weighted by Gasteiger charge is 2.29. The van der Waals surface area contributed by atoms with Gasteiger partial charge in [-0.05, 0) is 47.9 Å². The molecule has 0 aliphatic heterocycles. The molecule has 170 valence electrons. The Labute approximate surface area is 186 Å². The predicted molar refractivity (Wildman–Crippen MR) is 127 cm³/mol. The topological polar surface area (TPSA) is 83.5 Å². The molecule has 0 saturated carbocycles. The fourth-order valence-electron chi connectivity index (χ4n) is 3.49. The van der Waals surface area contributed by atoms with Crippen molar-refractivity contribution >= 4 is 21.4 Å². The molecule has 0 fully saturated rings. The van der Waals surface area contributed by atoms with Crippen molar-refractivity contribution in [2.75, 3.05) is 11.1 Å². The van der Waals surface area contributed by atoms with Crippen LogP contribution in [0.3, 0.4) is 0 Å². The maximum absolute atomic E-state index is 13.1. The third kappa shape index (κ3) is 5.88. The van der Waals surface area contributed by atoms with Gasteiger partial charge in [-0.25, -0.2) is 8.42 Å². The van der Waals surface area contributed by atoms with E-state index in [1.165, 1.54) is 0 Å². The fraction of sp³-hybridized carbons (Fsp3) is 0.480. The molecule has 0 heterocycles. The van der Waals surface area contributed by atoms with Gasteiger partial charge in [0.15, 0.2) is 9.84 Å². The van der Waals surface area contributed by atoms with Crippen molar-refractivity contribution in [2.24, 2.45) is 0 Å². The molecule has 6 heteroatoms. The Morgan fingerprint density at radius 3 is 1.81 bits per heavy atom. The number of aryl methyl sites for hydroxylation is 2. The fourth-order valence-corrected chi connectivity index (χ4v) is 4.77. The van der Waals surface area contributed by atoms with Gasteiger partial charge in [0, 0.05) is 23.2 Å². The quantitative estimate of drug-likeness (QED) is 0.645. The van der Waals surface area contributed by atoms with Crippen molar-refractivity contribution in [3.05, 3.63) is 52.6 Å². The molecule has 0 spiro atoms. The van der Waals surface area contributed by atoms with E-state index in [-0.39, 0.29) is 28.7 Å². The van der Waals surface area contributed by atoms with Crippen molar-refractivity contribution < 1.29 is 18.3 Å². The maximum atomic E-state index is 13.1. The molecule has 0 bridgehead atoms. The van der Waals surface area contributed by atoms with Gasteiger partial charge in [0.2, 0.25) is 5.91 Å². The van der Waals surface area contributed by atoms with Crippen molar-refractivity contribution in [1.29, 1.82) is 0 Å². The number of carbonyl (C=O) groups is 1. The third-order valence-electron chi connectivity index (χ3n) is 5.40. The van der Waals surface area contributed by atoms with Gasteiger partial charge in [-0.3, -0.25) is 4.79 Å². The smallest absolute Gasteiger partial charge is 0.225 e. The summed E-state index contributed by atoms with van der Waals surface area (Å²) in [6.45, 7) is 15.4. The Hall–Kier alpha value is -2.34. The van der Waals surface area contributed by atoms with Crippen LogP contribution in [-0.2, 0) is 25.5 Å². The van der Waals surface area contributed by atoms with Crippen molar-refractivity contribution in [3.63, 3.8) is 0 Å². The van der Waals surface area contributed by atoms with Crippen LogP contribution < -0.4 is 5.32 Å². The number of para-hydroxylation sites is 1. The van der Waals surface area contributed by atoms with E-state index < -0.39 is 20.7 Å². The number of hydrogen-bond donors (Lipinski definition) is 2. The lowest BCUT2D eigenvalue weighted by molar-refractivity contribution is -0.115. The standard InChI is InChI=1S/C25H35NO4S/c1-16-10-9-11-17(2)22(16)26-21(27)12-13-31(29,30)18-14-19(24(3,4)5)23(28)20(15-18)25(6,7)8/h9-11,14-15,28H,12-13H2,1-8H3,(H,26,27). The molecular formula is C25H35NO4S. The monoisotopic (exact) mass is 445 g/mol. The Balaban J connectivity index is 2.34. The highest BCUT2D eigenvalue weighted by atomic mass is 32.2. The molecule has 0 radical (unpaired) electrons. The number of sulfone groups is 1. The maximum Gasteiger partial charge on any atom is 0.225 e. The van der Waals surface area contributed by atoms with E-state index in [4.69, 9.17) is 0 Å². The van der Waals surface area contributed by atoms with Gasteiger partial charge in [0.05, 0.1) is 10.6 Å².